The monoisotopic (exact) mass is 521 g/mol. The zero-order valence-corrected chi connectivity index (χ0v) is 21.8. The summed E-state index contributed by atoms with van der Waals surface area (Å²) in [6.07, 6.45) is 2.23. The zero-order chi connectivity index (χ0) is 26.5. The summed E-state index contributed by atoms with van der Waals surface area (Å²) in [5.41, 5.74) is 2.50. The van der Waals surface area contributed by atoms with Crippen LogP contribution in [0.4, 0.5) is 10.2 Å². The Labute approximate surface area is 221 Å². The Kier molecular flexibility index (Phi) is 8.24. The highest BCUT2D eigenvalue weighted by Crippen LogP contribution is 2.26. The lowest BCUT2D eigenvalue weighted by molar-refractivity contribution is -0.137. The number of pyridine rings is 1. The van der Waals surface area contributed by atoms with E-state index in [-0.39, 0.29) is 41.5 Å². The van der Waals surface area contributed by atoms with Gasteiger partial charge in [-0.25, -0.2) is 9.37 Å². The third-order valence-electron chi connectivity index (χ3n) is 6.33. The molecule has 37 heavy (non-hydrogen) atoms. The number of hydrogen-bond donors (Lipinski definition) is 1. The molecule has 1 aromatic carbocycles. The van der Waals surface area contributed by atoms with Gasteiger partial charge >= 0.3 is 0 Å². The maximum absolute atomic E-state index is 15.0. The average Bonchev–Trinajstić information content (AvgIpc) is 3.25. The van der Waals surface area contributed by atoms with Crippen LogP contribution in [-0.2, 0) is 11.3 Å². The maximum atomic E-state index is 15.0. The SMILES string of the molecule is Cc1cc(C#Cc2ccccc2)cnc1NC(=O)c1c(Cl)cnn1C[C@@H]1CCN(C(=O)C(C)C)C[C@H]1F. The van der Waals surface area contributed by atoms with Gasteiger partial charge in [-0.3, -0.25) is 14.3 Å². The minimum Gasteiger partial charge on any atom is -0.340 e. The number of likely N-dealkylation sites (tertiary alicyclic amines) is 1. The Balaban J connectivity index is 1.44. The molecule has 1 aliphatic rings. The highest BCUT2D eigenvalue weighted by atomic mass is 35.5. The first-order valence-corrected chi connectivity index (χ1v) is 12.6. The first-order chi connectivity index (χ1) is 17.7. The van der Waals surface area contributed by atoms with Crippen molar-refractivity contribution in [3.8, 4) is 11.8 Å². The number of alkyl halides is 1. The summed E-state index contributed by atoms with van der Waals surface area (Å²) in [5, 5.41) is 7.17. The number of carbonyl (C=O) groups excluding carboxylic acids is 2. The van der Waals surface area contributed by atoms with Crippen molar-refractivity contribution in [1.82, 2.24) is 19.7 Å². The standard InChI is InChI=1S/C28H29ClFN5O2/c1-18(2)28(37)34-12-11-22(24(30)17-34)16-35-25(23(29)15-32-35)27(36)33-26-19(3)13-21(14-31-26)10-9-20-7-5-4-6-8-20/h4-8,13-15,18,22,24H,11-12,16-17H2,1-3H3,(H,31,33,36)/t22-,24+/m0/s1. The van der Waals surface area contributed by atoms with Crippen LogP contribution in [0.5, 0.6) is 0 Å². The van der Waals surface area contributed by atoms with Gasteiger partial charge < -0.3 is 10.2 Å². The van der Waals surface area contributed by atoms with Crippen molar-refractivity contribution >= 4 is 29.2 Å². The molecule has 0 aliphatic carbocycles. The van der Waals surface area contributed by atoms with Gasteiger partial charge in [0.25, 0.3) is 5.91 Å². The number of hydrogen-bond acceptors (Lipinski definition) is 4. The molecule has 1 N–H and O–H groups in total. The largest absolute Gasteiger partial charge is 0.340 e. The van der Waals surface area contributed by atoms with Gasteiger partial charge in [-0.2, -0.15) is 5.10 Å². The van der Waals surface area contributed by atoms with Crippen molar-refractivity contribution in [2.75, 3.05) is 18.4 Å². The number of aromatic nitrogens is 3. The lowest BCUT2D eigenvalue weighted by Crippen LogP contribution is -2.47. The van der Waals surface area contributed by atoms with E-state index >= 15 is 0 Å². The summed E-state index contributed by atoms with van der Waals surface area (Å²) < 4.78 is 16.4. The highest BCUT2D eigenvalue weighted by molar-refractivity contribution is 6.34. The quantitative estimate of drug-likeness (QED) is 0.492. The molecule has 1 aliphatic heterocycles. The number of aryl methyl sites for hydroxylation is 1. The van der Waals surface area contributed by atoms with Crippen LogP contribution in [-0.4, -0.2) is 50.7 Å². The van der Waals surface area contributed by atoms with Crippen LogP contribution in [0.3, 0.4) is 0 Å². The molecule has 192 valence electrons. The number of piperidine rings is 1. The number of nitrogens with one attached hydrogen (secondary N) is 1. The van der Waals surface area contributed by atoms with Crippen molar-refractivity contribution in [2.45, 2.75) is 39.9 Å². The molecule has 2 atom stereocenters. The van der Waals surface area contributed by atoms with Crippen LogP contribution >= 0.6 is 11.6 Å². The third-order valence-corrected chi connectivity index (χ3v) is 6.61. The van der Waals surface area contributed by atoms with Gasteiger partial charge in [-0.05, 0) is 37.1 Å². The maximum Gasteiger partial charge on any atom is 0.276 e. The lowest BCUT2D eigenvalue weighted by Gasteiger charge is -2.35. The van der Waals surface area contributed by atoms with Crippen molar-refractivity contribution in [1.29, 1.82) is 0 Å². The van der Waals surface area contributed by atoms with E-state index in [0.717, 1.165) is 16.7 Å². The van der Waals surface area contributed by atoms with Crippen molar-refractivity contribution < 1.29 is 14.0 Å². The van der Waals surface area contributed by atoms with Gasteiger partial charge in [-0.15, -0.1) is 0 Å². The Morgan fingerprint density at radius 1 is 1.19 bits per heavy atom. The summed E-state index contributed by atoms with van der Waals surface area (Å²) in [6.45, 7) is 6.14. The van der Waals surface area contributed by atoms with Gasteiger partial charge in [0.1, 0.15) is 17.7 Å². The third kappa shape index (κ3) is 6.36. The fourth-order valence-corrected chi connectivity index (χ4v) is 4.51. The summed E-state index contributed by atoms with van der Waals surface area (Å²) in [6, 6.07) is 11.5. The second kappa shape index (κ2) is 11.6. The number of amides is 2. The molecule has 3 aromatic rings. The van der Waals surface area contributed by atoms with Gasteiger partial charge in [0.15, 0.2) is 0 Å². The topological polar surface area (TPSA) is 80.1 Å². The molecule has 0 spiro atoms. The summed E-state index contributed by atoms with van der Waals surface area (Å²) in [4.78, 5) is 31.3. The predicted molar refractivity (Wildman–Crippen MR) is 141 cm³/mol. The molecule has 2 aromatic heterocycles. The second-order valence-corrected chi connectivity index (χ2v) is 9.89. The van der Waals surface area contributed by atoms with E-state index in [1.807, 2.05) is 43.3 Å². The van der Waals surface area contributed by atoms with E-state index in [1.54, 1.807) is 24.9 Å². The normalized spacial score (nSPS) is 17.3. The lowest BCUT2D eigenvalue weighted by atomic mass is 9.94. The molecule has 9 heteroatoms. The molecule has 0 unspecified atom stereocenters. The Bertz CT molecular complexity index is 1350. The van der Waals surface area contributed by atoms with Crippen LogP contribution in [0.2, 0.25) is 5.02 Å². The molecule has 0 bridgehead atoms. The van der Waals surface area contributed by atoms with Gasteiger partial charge in [0, 0.05) is 42.2 Å². The molecule has 1 fully saturated rings. The Morgan fingerprint density at radius 2 is 1.92 bits per heavy atom. The van der Waals surface area contributed by atoms with E-state index < -0.39 is 12.1 Å². The molecular formula is C28H29ClFN5O2. The Hall–Kier alpha value is -3.70. The second-order valence-electron chi connectivity index (χ2n) is 9.49. The van der Waals surface area contributed by atoms with Crippen molar-refractivity contribution in [3.63, 3.8) is 0 Å². The molecule has 2 amide bonds. The summed E-state index contributed by atoms with van der Waals surface area (Å²) in [5.74, 6) is 5.44. The van der Waals surface area contributed by atoms with E-state index in [0.29, 0.717) is 18.8 Å². The molecule has 3 heterocycles. The molecule has 7 nitrogen and oxygen atoms in total. The number of benzene rings is 1. The van der Waals surface area contributed by atoms with E-state index in [2.05, 4.69) is 27.2 Å². The van der Waals surface area contributed by atoms with Crippen molar-refractivity contribution in [3.05, 3.63) is 76.2 Å². The van der Waals surface area contributed by atoms with Crippen LogP contribution in [0.1, 0.15) is 47.4 Å². The summed E-state index contributed by atoms with van der Waals surface area (Å²) >= 11 is 6.29. The first kappa shape index (κ1) is 26.4. The number of anilines is 1. The molecule has 0 radical (unpaired) electrons. The van der Waals surface area contributed by atoms with Gasteiger partial charge in [-0.1, -0.05) is 55.5 Å². The van der Waals surface area contributed by atoms with Crippen LogP contribution in [0.15, 0.2) is 48.8 Å². The zero-order valence-electron chi connectivity index (χ0n) is 21.0. The smallest absolute Gasteiger partial charge is 0.276 e. The number of nitrogens with zero attached hydrogens (tertiary/aromatic N) is 4. The van der Waals surface area contributed by atoms with E-state index in [9.17, 15) is 14.0 Å². The van der Waals surface area contributed by atoms with Crippen LogP contribution < -0.4 is 5.32 Å². The average molecular weight is 522 g/mol. The van der Waals surface area contributed by atoms with Crippen molar-refractivity contribution in [2.24, 2.45) is 11.8 Å². The van der Waals surface area contributed by atoms with Crippen LogP contribution in [0, 0.1) is 30.6 Å². The van der Waals surface area contributed by atoms with Gasteiger partial charge in [0.05, 0.1) is 17.8 Å². The molecule has 0 saturated carbocycles. The van der Waals surface area contributed by atoms with E-state index in [1.165, 1.54) is 10.9 Å². The molecule has 4 rings (SSSR count). The Morgan fingerprint density at radius 3 is 2.59 bits per heavy atom. The number of rotatable bonds is 5. The van der Waals surface area contributed by atoms with Gasteiger partial charge in [0.2, 0.25) is 5.91 Å². The fraction of sp³-hybridized carbons (Fsp3) is 0.357. The minimum atomic E-state index is -1.22. The first-order valence-electron chi connectivity index (χ1n) is 12.2. The number of halogens is 2. The summed E-state index contributed by atoms with van der Waals surface area (Å²) in [7, 11) is 0. The molecule has 1 saturated heterocycles. The van der Waals surface area contributed by atoms with Crippen LogP contribution in [0.25, 0.3) is 0 Å². The fourth-order valence-electron chi connectivity index (χ4n) is 4.28. The molecular weight excluding hydrogens is 493 g/mol. The van der Waals surface area contributed by atoms with E-state index in [4.69, 9.17) is 11.6 Å². The minimum absolute atomic E-state index is 0.0425. The predicted octanol–water partition coefficient (Wildman–Crippen LogP) is 4.73. The highest BCUT2D eigenvalue weighted by Gasteiger charge is 2.33. The number of carbonyl (C=O) groups is 2.